The smallest absolute Gasteiger partial charge is 0.336 e. The van der Waals surface area contributed by atoms with Gasteiger partial charge in [-0.2, -0.15) is 0 Å². The van der Waals surface area contributed by atoms with E-state index in [1.165, 1.54) is 12.1 Å². The fourth-order valence-corrected chi connectivity index (χ4v) is 3.79. The summed E-state index contributed by atoms with van der Waals surface area (Å²) in [5.74, 6) is -0.392. The van der Waals surface area contributed by atoms with Crippen molar-refractivity contribution in [3.63, 3.8) is 0 Å². The molecule has 0 aliphatic carbocycles. The van der Waals surface area contributed by atoms with E-state index in [1.807, 2.05) is 12.1 Å². The number of nitrogens with two attached hydrogens (primary N) is 1. The van der Waals surface area contributed by atoms with E-state index >= 15 is 0 Å². The van der Waals surface area contributed by atoms with Crippen molar-refractivity contribution in [2.24, 2.45) is 5.14 Å². The van der Waals surface area contributed by atoms with Crippen LogP contribution in [0.4, 0.5) is 5.82 Å². The Morgan fingerprint density at radius 3 is 2.44 bits per heavy atom. The molecule has 9 heteroatoms. The van der Waals surface area contributed by atoms with E-state index in [2.05, 4.69) is 15.3 Å². The minimum absolute atomic E-state index is 0.0593. The average molecular weight is 449 g/mol. The standard InChI is InChI=1S/C23H20N4O4S/c24-32(30,31)18-8-6-15(7-9-18)13-25-21-11-10-19-17(14-26-22(19)27-21)12-20(23(28)29)16-4-2-1-3-5-16/h1-12,14H,13H2,(H,28,29)(H2,24,30,31)(H2,25,26,27)/b20-12+. The minimum atomic E-state index is -3.72. The first kappa shape index (κ1) is 21.3. The van der Waals surface area contributed by atoms with Crippen molar-refractivity contribution in [3.8, 4) is 0 Å². The summed E-state index contributed by atoms with van der Waals surface area (Å²) in [5, 5.41) is 18.7. The normalized spacial score (nSPS) is 12.1. The molecule has 0 aliphatic heterocycles. The second-order valence-corrected chi connectivity index (χ2v) is 8.67. The van der Waals surface area contributed by atoms with Crippen molar-refractivity contribution < 1.29 is 18.3 Å². The third-order valence-corrected chi connectivity index (χ3v) is 5.84. The summed E-state index contributed by atoms with van der Waals surface area (Å²) in [7, 11) is -3.72. The molecule has 4 aromatic rings. The molecule has 2 aromatic heterocycles. The summed E-state index contributed by atoms with van der Waals surface area (Å²) in [5.41, 5.74) is 3.01. The number of nitrogens with one attached hydrogen (secondary N) is 2. The third kappa shape index (κ3) is 4.69. The van der Waals surface area contributed by atoms with Gasteiger partial charge in [-0.3, -0.25) is 0 Å². The number of benzene rings is 2. The fourth-order valence-electron chi connectivity index (χ4n) is 3.28. The molecular formula is C23H20N4O4S. The number of fused-ring (bicyclic) bond motifs is 1. The number of carbonyl (C=O) groups is 1. The zero-order valence-corrected chi connectivity index (χ0v) is 17.6. The van der Waals surface area contributed by atoms with Crippen molar-refractivity contribution in [1.82, 2.24) is 9.97 Å². The number of carboxylic acids is 1. The van der Waals surface area contributed by atoms with Gasteiger partial charge in [-0.15, -0.1) is 0 Å². The number of pyridine rings is 1. The van der Waals surface area contributed by atoms with Gasteiger partial charge in [0.2, 0.25) is 10.0 Å². The molecule has 0 spiro atoms. The number of rotatable bonds is 7. The maximum Gasteiger partial charge on any atom is 0.336 e. The van der Waals surface area contributed by atoms with Crippen LogP contribution in [0.2, 0.25) is 0 Å². The van der Waals surface area contributed by atoms with E-state index in [0.717, 1.165) is 16.5 Å². The zero-order chi connectivity index (χ0) is 22.7. The van der Waals surface area contributed by atoms with Crippen molar-refractivity contribution >= 4 is 44.5 Å². The maximum absolute atomic E-state index is 11.8. The number of nitrogens with zero attached hydrogens (tertiary/aromatic N) is 1. The van der Waals surface area contributed by atoms with Crippen LogP contribution in [-0.4, -0.2) is 29.5 Å². The summed E-state index contributed by atoms with van der Waals surface area (Å²) in [4.78, 5) is 19.4. The van der Waals surface area contributed by atoms with E-state index in [-0.39, 0.29) is 10.5 Å². The summed E-state index contributed by atoms with van der Waals surface area (Å²) < 4.78 is 22.7. The molecule has 0 aliphatic rings. The maximum atomic E-state index is 11.8. The van der Waals surface area contributed by atoms with E-state index in [9.17, 15) is 18.3 Å². The molecule has 0 radical (unpaired) electrons. The molecule has 2 heterocycles. The third-order valence-electron chi connectivity index (χ3n) is 4.91. The summed E-state index contributed by atoms with van der Waals surface area (Å²) in [6, 6.07) is 18.9. The number of anilines is 1. The molecule has 0 atom stereocenters. The Bertz CT molecular complexity index is 1410. The van der Waals surface area contributed by atoms with E-state index in [4.69, 9.17) is 5.14 Å². The Morgan fingerprint density at radius 1 is 1.06 bits per heavy atom. The van der Waals surface area contributed by atoms with Crippen LogP contribution in [0.5, 0.6) is 0 Å². The van der Waals surface area contributed by atoms with Crippen LogP contribution in [-0.2, 0) is 21.4 Å². The molecule has 0 unspecified atom stereocenters. The number of aliphatic carboxylic acids is 1. The Morgan fingerprint density at radius 2 is 1.78 bits per heavy atom. The molecule has 4 rings (SSSR count). The zero-order valence-electron chi connectivity index (χ0n) is 16.8. The second-order valence-electron chi connectivity index (χ2n) is 7.11. The van der Waals surface area contributed by atoms with Gasteiger partial charge in [-0.05, 0) is 41.5 Å². The van der Waals surface area contributed by atoms with Gasteiger partial charge >= 0.3 is 5.97 Å². The Kier molecular flexibility index (Phi) is 5.76. The van der Waals surface area contributed by atoms with Gasteiger partial charge in [0.15, 0.2) is 0 Å². The highest BCUT2D eigenvalue weighted by Crippen LogP contribution is 2.25. The monoisotopic (exact) mass is 448 g/mol. The Hall–Kier alpha value is -3.95. The van der Waals surface area contributed by atoms with Gasteiger partial charge in [-0.25, -0.2) is 23.3 Å². The first-order chi connectivity index (χ1) is 15.3. The van der Waals surface area contributed by atoms with Crippen LogP contribution in [0.25, 0.3) is 22.7 Å². The number of primary sulfonamides is 1. The van der Waals surface area contributed by atoms with Crippen molar-refractivity contribution in [2.75, 3.05) is 5.32 Å². The molecule has 0 fully saturated rings. The molecule has 8 nitrogen and oxygen atoms in total. The van der Waals surface area contributed by atoms with E-state index < -0.39 is 16.0 Å². The van der Waals surface area contributed by atoms with Crippen LogP contribution < -0.4 is 10.5 Å². The predicted octanol–water partition coefficient (Wildman–Crippen LogP) is 3.45. The molecule has 0 bridgehead atoms. The van der Waals surface area contributed by atoms with Gasteiger partial charge in [0.1, 0.15) is 11.5 Å². The highest BCUT2D eigenvalue weighted by molar-refractivity contribution is 7.89. The number of sulfonamides is 1. The van der Waals surface area contributed by atoms with Crippen LogP contribution >= 0.6 is 0 Å². The van der Waals surface area contributed by atoms with Gasteiger partial charge < -0.3 is 15.4 Å². The van der Waals surface area contributed by atoms with E-state index in [1.54, 1.807) is 54.7 Å². The first-order valence-corrected chi connectivity index (χ1v) is 11.2. The lowest BCUT2D eigenvalue weighted by atomic mass is 10.0. The molecule has 2 aromatic carbocycles. The van der Waals surface area contributed by atoms with Crippen LogP contribution in [0.15, 0.2) is 77.8 Å². The Balaban J connectivity index is 1.54. The molecule has 32 heavy (non-hydrogen) atoms. The van der Waals surface area contributed by atoms with Crippen molar-refractivity contribution in [3.05, 3.63) is 89.6 Å². The molecule has 5 N–H and O–H groups in total. The van der Waals surface area contributed by atoms with Gasteiger partial charge in [-0.1, -0.05) is 42.5 Å². The molecular weight excluding hydrogens is 428 g/mol. The van der Waals surface area contributed by atoms with E-state index in [0.29, 0.717) is 23.6 Å². The van der Waals surface area contributed by atoms with Crippen molar-refractivity contribution in [1.29, 1.82) is 0 Å². The number of hydrogen-bond donors (Lipinski definition) is 4. The number of H-pyrrole nitrogens is 1. The average Bonchev–Trinajstić information content (AvgIpc) is 3.18. The topological polar surface area (TPSA) is 138 Å². The van der Waals surface area contributed by atoms with Gasteiger partial charge in [0, 0.05) is 23.7 Å². The van der Waals surface area contributed by atoms with Gasteiger partial charge in [0.05, 0.1) is 10.5 Å². The Labute approximate surface area is 184 Å². The first-order valence-electron chi connectivity index (χ1n) is 9.65. The lowest BCUT2D eigenvalue weighted by molar-refractivity contribution is -0.130. The number of hydrogen-bond acceptors (Lipinski definition) is 5. The molecule has 0 amide bonds. The number of aromatic nitrogens is 2. The highest BCUT2D eigenvalue weighted by Gasteiger charge is 2.12. The molecule has 0 saturated carbocycles. The molecule has 162 valence electrons. The number of carboxylic acid groups (broad SMARTS) is 1. The molecule has 0 saturated heterocycles. The summed E-state index contributed by atoms with van der Waals surface area (Å²) in [6.45, 7) is 0.439. The highest BCUT2D eigenvalue weighted by atomic mass is 32.2. The van der Waals surface area contributed by atoms with Crippen LogP contribution in [0.1, 0.15) is 16.7 Å². The fraction of sp³-hybridized carbons (Fsp3) is 0.0435. The SMILES string of the molecule is NS(=O)(=O)c1ccc(CNc2ccc3c(/C=C(/C(=O)O)c4ccccc4)c[nH]c3n2)cc1. The summed E-state index contributed by atoms with van der Waals surface area (Å²) in [6.07, 6.45) is 3.34. The van der Waals surface area contributed by atoms with Gasteiger partial charge in [0.25, 0.3) is 0 Å². The lowest BCUT2D eigenvalue weighted by Gasteiger charge is -2.07. The quantitative estimate of drug-likeness (QED) is 0.320. The lowest BCUT2D eigenvalue weighted by Crippen LogP contribution is -2.12. The second kappa shape index (κ2) is 8.66. The van der Waals surface area contributed by atoms with Crippen molar-refractivity contribution in [2.45, 2.75) is 11.4 Å². The minimum Gasteiger partial charge on any atom is -0.478 e. The van der Waals surface area contributed by atoms with Crippen LogP contribution in [0, 0.1) is 0 Å². The predicted molar refractivity (Wildman–Crippen MR) is 123 cm³/mol. The number of aromatic amines is 1. The largest absolute Gasteiger partial charge is 0.478 e. The summed E-state index contributed by atoms with van der Waals surface area (Å²) >= 11 is 0. The van der Waals surface area contributed by atoms with Crippen LogP contribution in [0.3, 0.4) is 0 Å².